The quantitative estimate of drug-likeness (QED) is 0.0598. The van der Waals surface area contributed by atoms with Gasteiger partial charge in [0.05, 0.1) is 25.4 Å². The number of hydrogen-bond acceptors (Lipinski definition) is 5. The number of ether oxygens (including phenoxy) is 1. The number of hydrogen-bond donors (Lipinski definition) is 4. The van der Waals surface area contributed by atoms with Gasteiger partial charge in [-0.1, -0.05) is 142 Å². The van der Waals surface area contributed by atoms with Crippen molar-refractivity contribution in [1.82, 2.24) is 0 Å². The van der Waals surface area contributed by atoms with Crippen molar-refractivity contribution in [2.75, 3.05) is 13.2 Å². The zero-order chi connectivity index (χ0) is 26.0. The Morgan fingerprint density at radius 3 is 1.00 bits per heavy atom. The van der Waals surface area contributed by atoms with Crippen LogP contribution in [0.15, 0.2) is 0 Å². The van der Waals surface area contributed by atoms with Gasteiger partial charge in [0, 0.05) is 10.5 Å². The van der Waals surface area contributed by atoms with Crippen molar-refractivity contribution in [2.45, 2.75) is 178 Å². The zero-order valence-corrected chi connectivity index (χ0v) is 25.3. The van der Waals surface area contributed by atoms with E-state index in [1.807, 2.05) is 0 Å². The Labute approximate surface area is 230 Å². The zero-order valence-electron chi connectivity index (χ0n) is 23.5. The van der Waals surface area contributed by atoms with Crippen molar-refractivity contribution in [3.63, 3.8) is 0 Å². The maximum atomic E-state index is 10.3. The summed E-state index contributed by atoms with van der Waals surface area (Å²) in [5.74, 6) is 0. The lowest BCUT2D eigenvalue weighted by Gasteiger charge is -2.21. The minimum Gasteiger partial charge on any atom is -0.390 e. The molecule has 0 saturated heterocycles. The maximum Gasteiger partial charge on any atom is 0.0889 e. The number of aliphatic hydroxyl groups excluding tert-OH is 2. The second kappa shape index (κ2) is 27.6. The van der Waals surface area contributed by atoms with Crippen LogP contribution >= 0.6 is 25.3 Å². The molecule has 0 radical (unpaired) electrons. The largest absolute Gasteiger partial charge is 0.390 e. The van der Waals surface area contributed by atoms with E-state index in [4.69, 9.17) is 4.74 Å². The molecular weight excluding hydrogens is 472 g/mol. The molecule has 0 aromatic heterocycles. The van der Waals surface area contributed by atoms with Crippen molar-refractivity contribution in [1.29, 1.82) is 0 Å². The summed E-state index contributed by atoms with van der Waals surface area (Å²) in [7, 11) is 0. The first kappa shape index (κ1) is 35.6. The fourth-order valence-electron chi connectivity index (χ4n) is 4.60. The number of rotatable bonds is 28. The molecule has 0 aromatic rings. The predicted molar refractivity (Wildman–Crippen MR) is 161 cm³/mol. The highest BCUT2D eigenvalue weighted by atomic mass is 32.1. The molecule has 0 bridgehead atoms. The van der Waals surface area contributed by atoms with Crippen LogP contribution in [0.1, 0.15) is 155 Å². The van der Waals surface area contributed by atoms with Gasteiger partial charge in [0.25, 0.3) is 0 Å². The number of unbranched alkanes of at least 4 members (excludes halogenated alkanes) is 18. The van der Waals surface area contributed by atoms with Crippen molar-refractivity contribution < 1.29 is 14.9 Å². The van der Waals surface area contributed by atoms with Crippen LogP contribution in [-0.4, -0.2) is 46.1 Å². The summed E-state index contributed by atoms with van der Waals surface area (Å²) in [5, 5.41) is 20.5. The van der Waals surface area contributed by atoms with Crippen LogP contribution in [0.5, 0.6) is 0 Å². The molecular formula is C30H62O3S2. The molecule has 0 aliphatic rings. The van der Waals surface area contributed by atoms with Crippen molar-refractivity contribution in [2.24, 2.45) is 0 Å². The third-order valence-electron chi connectivity index (χ3n) is 7.17. The fourth-order valence-corrected chi connectivity index (χ4v) is 5.14. The lowest BCUT2D eigenvalue weighted by Crippen LogP contribution is -2.31. The highest BCUT2D eigenvalue weighted by Crippen LogP contribution is 2.18. The van der Waals surface area contributed by atoms with Crippen molar-refractivity contribution >= 4 is 25.3 Å². The summed E-state index contributed by atoms with van der Waals surface area (Å²) in [5.41, 5.74) is 0. The standard InChI is InChI=1S/C30H62O3S2/c1-3-5-7-9-11-13-15-17-19-21-23-29(34)27(31)25-33-26-28(32)30(35)24-22-20-18-16-14-12-10-8-6-4-2/h27-32,34-35H,3-26H2,1-2H3. The Morgan fingerprint density at radius 2 is 0.714 bits per heavy atom. The smallest absolute Gasteiger partial charge is 0.0889 e. The molecule has 0 aliphatic heterocycles. The van der Waals surface area contributed by atoms with Gasteiger partial charge in [0.1, 0.15) is 0 Å². The molecule has 3 nitrogen and oxygen atoms in total. The van der Waals surface area contributed by atoms with Gasteiger partial charge in [0.15, 0.2) is 0 Å². The molecule has 2 N–H and O–H groups in total. The molecule has 4 atom stereocenters. The van der Waals surface area contributed by atoms with Gasteiger partial charge >= 0.3 is 0 Å². The summed E-state index contributed by atoms with van der Waals surface area (Å²) in [4.78, 5) is 0. The van der Waals surface area contributed by atoms with Crippen molar-refractivity contribution in [3.05, 3.63) is 0 Å². The average Bonchev–Trinajstić information content (AvgIpc) is 2.85. The highest BCUT2D eigenvalue weighted by Gasteiger charge is 2.18. The van der Waals surface area contributed by atoms with Crippen LogP contribution in [0.2, 0.25) is 0 Å². The predicted octanol–water partition coefficient (Wildman–Crippen LogP) is 8.94. The van der Waals surface area contributed by atoms with Crippen LogP contribution in [-0.2, 0) is 4.74 Å². The molecule has 0 rings (SSSR count). The lowest BCUT2D eigenvalue weighted by atomic mass is 10.0. The van der Waals surface area contributed by atoms with Gasteiger partial charge in [-0.05, 0) is 12.8 Å². The van der Waals surface area contributed by atoms with E-state index in [-0.39, 0.29) is 23.7 Å². The Kier molecular flexibility index (Phi) is 28.1. The first-order valence-electron chi connectivity index (χ1n) is 15.3. The maximum absolute atomic E-state index is 10.3. The Balaban J connectivity index is 3.56. The fraction of sp³-hybridized carbons (Fsp3) is 1.00. The van der Waals surface area contributed by atoms with Crippen LogP contribution in [0, 0.1) is 0 Å². The van der Waals surface area contributed by atoms with E-state index in [0.29, 0.717) is 0 Å². The molecule has 5 heteroatoms. The van der Waals surface area contributed by atoms with Gasteiger partial charge in [0.2, 0.25) is 0 Å². The minimum atomic E-state index is -0.579. The van der Waals surface area contributed by atoms with Gasteiger partial charge in [-0.15, -0.1) is 0 Å². The van der Waals surface area contributed by atoms with E-state index < -0.39 is 12.2 Å². The monoisotopic (exact) mass is 534 g/mol. The van der Waals surface area contributed by atoms with Crippen LogP contribution < -0.4 is 0 Å². The molecule has 0 heterocycles. The van der Waals surface area contributed by atoms with E-state index in [1.165, 1.54) is 116 Å². The summed E-state index contributed by atoms with van der Waals surface area (Å²) in [6, 6.07) is 0. The normalized spacial score (nSPS) is 15.3. The molecule has 0 aromatic carbocycles. The van der Waals surface area contributed by atoms with E-state index in [0.717, 1.165) is 25.7 Å². The third kappa shape index (κ3) is 24.7. The van der Waals surface area contributed by atoms with E-state index in [2.05, 4.69) is 39.1 Å². The van der Waals surface area contributed by atoms with E-state index in [9.17, 15) is 10.2 Å². The van der Waals surface area contributed by atoms with Crippen LogP contribution in [0.4, 0.5) is 0 Å². The molecule has 4 unspecified atom stereocenters. The lowest BCUT2D eigenvalue weighted by molar-refractivity contribution is -0.00903. The molecule has 0 amide bonds. The Hall–Kier alpha value is 0.580. The first-order valence-corrected chi connectivity index (χ1v) is 16.4. The third-order valence-corrected chi connectivity index (χ3v) is 8.38. The van der Waals surface area contributed by atoms with Crippen LogP contribution in [0.3, 0.4) is 0 Å². The molecule has 0 aliphatic carbocycles. The molecule has 35 heavy (non-hydrogen) atoms. The van der Waals surface area contributed by atoms with Gasteiger partial charge in [-0.25, -0.2) is 0 Å². The molecule has 0 saturated carbocycles. The van der Waals surface area contributed by atoms with Gasteiger partial charge < -0.3 is 14.9 Å². The average molecular weight is 535 g/mol. The highest BCUT2D eigenvalue weighted by molar-refractivity contribution is 7.81. The Morgan fingerprint density at radius 1 is 0.457 bits per heavy atom. The van der Waals surface area contributed by atoms with Crippen molar-refractivity contribution in [3.8, 4) is 0 Å². The molecule has 212 valence electrons. The minimum absolute atomic E-state index is 0.0559. The van der Waals surface area contributed by atoms with Gasteiger partial charge in [-0.2, -0.15) is 25.3 Å². The molecule has 0 fully saturated rings. The number of aliphatic hydroxyl groups is 2. The van der Waals surface area contributed by atoms with E-state index in [1.54, 1.807) is 0 Å². The summed E-state index contributed by atoms with van der Waals surface area (Å²) in [6.45, 7) is 5.00. The van der Waals surface area contributed by atoms with E-state index >= 15 is 0 Å². The molecule has 0 spiro atoms. The summed E-state index contributed by atoms with van der Waals surface area (Å²) < 4.78 is 5.60. The summed E-state index contributed by atoms with van der Waals surface area (Å²) in [6.07, 6.45) is 27.0. The topological polar surface area (TPSA) is 49.7 Å². The second-order valence-corrected chi connectivity index (χ2v) is 12.1. The van der Waals surface area contributed by atoms with Gasteiger partial charge in [-0.3, -0.25) is 0 Å². The second-order valence-electron chi connectivity index (χ2n) is 10.7. The Bertz CT molecular complexity index is 375. The van der Waals surface area contributed by atoms with Crippen LogP contribution in [0.25, 0.3) is 0 Å². The SMILES string of the molecule is CCCCCCCCCCCCC(S)C(O)COCC(O)C(S)CCCCCCCCCCCC. The number of thiol groups is 2. The summed E-state index contributed by atoms with van der Waals surface area (Å²) >= 11 is 9.15. The first-order chi connectivity index (χ1) is 17.0.